The molecule has 6 nitrogen and oxygen atoms in total. The first kappa shape index (κ1) is 21.3. The second-order valence-electron chi connectivity index (χ2n) is 6.92. The zero-order chi connectivity index (χ0) is 20.6. The number of rotatable bonds is 8. The molecule has 0 spiro atoms. The molecule has 1 aliphatic rings. The minimum Gasteiger partial charge on any atom is -0.490 e. The lowest BCUT2D eigenvalue weighted by molar-refractivity contribution is -0.120. The summed E-state index contributed by atoms with van der Waals surface area (Å²) in [6, 6.07) is 12.8. The van der Waals surface area contributed by atoms with Crippen molar-refractivity contribution in [3.8, 4) is 5.75 Å². The number of hydrogen-bond acceptors (Lipinski definition) is 4. The summed E-state index contributed by atoms with van der Waals surface area (Å²) in [5.74, 6) is 0.503. The number of hydrogen-bond donors (Lipinski definition) is 2. The summed E-state index contributed by atoms with van der Waals surface area (Å²) in [6.45, 7) is 1.31. The lowest BCUT2D eigenvalue weighted by Crippen LogP contribution is -2.17. The molecule has 2 N–H and O–H groups in total. The molecule has 0 radical (unpaired) electrons. The van der Waals surface area contributed by atoms with Gasteiger partial charge in [0, 0.05) is 31.3 Å². The Bertz CT molecular complexity index is 848. The first-order valence-electron chi connectivity index (χ1n) is 9.70. The monoisotopic (exact) mass is 460 g/mol. The molecule has 2 aromatic rings. The molecule has 0 aromatic heterocycles. The number of halogens is 1. The molecule has 3 rings (SSSR count). The second kappa shape index (κ2) is 10.4. The van der Waals surface area contributed by atoms with Crippen LogP contribution in [0.5, 0.6) is 5.75 Å². The van der Waals surface area contributed by atoms with E-state index < -0.39 is 0 Å². The van der Waals surface area contributed by atoms with E-state index in [0.717, 1.165) is 29.5 Å². The van der Waals surface area contributed by atoms with Gasteiger partial charge in [-0.05, 0) is 71.1 Å². The summed E-state index contributed by atoms with van der Waals surface area (Å²) in [7, 11) is 1.63. The van der Waals surface area contributed by atoms with Gasteiger partial charge in [-0.25, -0.2) is 0 Å². The topological polar surface area (TPSA) is 76.7 Å². The van der Waals surface area contributed by atoms with E-state index >= 15 is 0 Å². The van der Waals surface area contributed by atoms with E-state index in [0.29, 0.717) is 36.4 Å². The average molecular weight is 461 g/mol. The normalized spacial score (nSPS) is 15.7. The fourth-order valence-electron chi connectivity index (χ4n) is 3.06. The Labute approximate surface area is 179 Å². The highest BCUT2D eigenvalue weighted by molar-refractivity contribution is 9.10. The number of amides is 2. The molecule has 29 heavy (non-hydrogen) atoms. The molecule has 154 valence electrons. The van der Waals surface area contributed by atoms with Crippen LogP contribution in [-0.2, 0) is 16.0 Å². The SMILES string of the molecule is CNC(=O)CCc1ccc(NC(=O)c2ccc(OCC3CCCO3)c(Br)c2)cc1. The number of aryl methyl sites for hydroxylation is 1. The third-order valence-corrected chi connectivity index (χ3v) is 5.39. The molecule has 2 amide bonds. The van der Waals surface area contributed by atoms with Gasteiger partial charge >= 0.3 is 0 Å². The molecule has 1 heterocycles. The number of carbonyl (C=O) groups is 2. The fourth-order valence-corrected chi connectivity index (χ4v) is 3.55. The van der Waals surface area contributed by atoms with Crippen molar-refractivity contribution in [2.45, 2.75) is 31.8 Å². The predicted molar refractivity (Wildman–Crippen MR) is 115 cm³/mol. The van der Waals surface area contributed by atoms with Crippen LogP contribution in [-0.4, -0.2) is 38.2 Å². The highest BCUT2D eigenvalue weighted by Crippen LogP contribution is 2.27. The third kappa shape index (κ3) is 6.30. The average Bonchev–Trinajstić information content (AvgIpc) is 3.25. The van der Waals surface area contributed by atoms with E-state index in [4.69, 9.17) is 9.47 Å². The fraction of sp³-hybridized carbons (Fsp3) is 0.364. The summed E-state index contributed by atoms with van der Waals surface area (Å²) < 4.78 is 12.1. The molecule has 7 heteroatoms. The van der Waals surface area contributed by atoms with Crippen LogP contribution in [0.3, 0.4) is 0 Å². The van der Waals surface area contributed by atoms with Crippen molar-refractivity contribution in [2.24, 2.45) is 0 Å². The van der Waals surface area contributed by atoms with Gasteiger partial charge in [-0.1, -0.05) is 12.1 Å². The van der Waals surface area contributed by atoms with E-state index in [-0.39, 0.29) is 17.9 Å². The quantitative estimate of drug-likeness (QED) is 0.625. The Morgan fingerprint density at radius 3 is 2.66 bits per heavy atom. The van der Waals surface area contributed by atoms with E-state index in [2.05, 4.69) is 26.6 Å². The first-order valence-corrected chi connectivity index (χ1v) is 10.5. The third-order valence-electron chi connectivity index (χ3n) is 4.77. The summed E-state index contributed by atoms with van der Waals surface area (Å²) in [5.41, 5.74) is 2.28. The van der Waals surface area contributed by atoms with Crippen LogP contribution in [0.1, 0.15) is 35.2 Å². The maximum absolute atomic E-state index is 12.5. The number of ether oxygens (including phenoxy) is 2. The van der Waals surface area contributed by atoms with E-state index in [1.54, 1.807) is 25.2 Å². The van der Waals surface area contributed by atoms with Gasteiger partial charge < -0.3 is 20.1 Å². The van der Waals surface area contributed by atoms with E-state index in [1.165, 1.54) is 0 Å². The van der Waals surface area contributed by atoms with Crippen molar-refractivity contribution in [2.75, 3.05) is 25.6 Å². The van der Waals surface area contributed by atoms with Crippen LogP contribution in [0.4, 0.5) is 5.69 Å². The highest BCUT2D eigenvalue weighted by Gasteiger charge is 2.17. The lowest BCUT2D eigenvalue weighted by atomic mass is 10.1. The molecule has 0 aliphatic carbocycles. The Kier molecular flexibility index (Phi) is 7.66. The highest BCUT2D eigenvalue weighted by atomic mass is 79.9. The van der Waals surface area contributed by atoms with E-state index in [1.807, 2.05) is 24.3 Å². The number of benzene rings is 2. The van der Waals surface area contributed by atoms with Gasteiger partial charge in [0.05, 0.1) is 10.6 Å². The van der Waals surface area contributed by atoms with Crippen molar-refractivity contribution in [3.63, 3.8) is 0 Å². The van der Waals surface area contributed by atoms with Gasteiger partial charge in [0.15, 0.2) is 0 Å². The van der Waals surface area contributed by atoms with Crippen molar-refractivity contribution < 1.29 is 19.1 Å². The van der Waals surface area contributed by atoms with Crippen LogP contribution in [0.25, 0.3) is 0 Å². The minimum absolute atomic E-state index is 0.0103. The summed E-state index contributed by atoms with van der Waals surface area (Å²) in [4.78, 5) is 23.9. The van der Waals surface area contributed by atoms with Gasteiger partial charge in [-0.15, -0.1) is 0 Å². The minimum atomic E-state index is -0.200. The summed E-state index contributed by atoms with van der Waals surface area (Å²) in [6.07, 6.45) is 3.34. The van der Waals surface area contributed by atoms with Gasteiger partial charge in [0.2, 0.25) is 5.91 Å². The van der Waals surface area contributed by atoms with Crippen LogP contribution >= 0.6 is 15.9 Å². The molecule has 1 unspecified atom stereocenters. The van der Waals surface area contributed by atoms with Gasteiger partial charge in [-0.2, -0.15) is 0 Å². The van der Waals surface area contributed by atoms with Crippen LogP contribution < -0.4 is 15.4 Å². The Morgan fingerprint density at radius 1 is 1.21 bits per heavy atom. The first-order chi connectivity index (χ1) is 14.0. The number of nitrogens with one attached hydrogen (secondary N) is 2. The molecule has 1 atom stereocenters. The molecule has 0 saturated carbocycles. The van der Waals surface area contributed by atoms with Crippen LogP contribution in [0, 0.1) is 0 Å². The zero-order valence-corrected chi connectivity index (χ0v) is 18.0. The standard InChI is InChI=1S/C22H25BrN2O4/c1-24-21(26)11-6-15-4-8-17(9-5-15)25-22(27)16-7-10-20(19(23)13-16)29-14-18-3-2-12-28-18/h4-5,7-10,13,18H,2-3,6,11-12,14H2,1H3,(H,24,26)(H,25,27). The van der Waals surface area contributed by atoms with Crippen molar-refractivity contribution >= 4 is 33.4 Å². The molecule has 1 aliphatic heterocycles. The number of carbonyl (C=O) groups excluding carboxylic acids is 2. The van der Waals surface area contributed by atoms with Gasteiger partial charge in [0.25, 0.3) is 5.91 Å². The molecule has 1 fully saturated rings. The molecule has 0 bridgehead atoms. The summed E-state index contributed by atoms with van der Waals surface area (Å²) in [5, 5.41) is 5.49. The maximum Gasteiger partial charge on any atom is 0.255 e. The molecule has 1 saturated heterocycles. The number of anilines is 1. The molecular formula is C22H25BrN2O4. The van der Waals surface area contributed by atoms with Crippen molar-refractivity contribution in [1.29, 1.82) is 0 Å². The zero-order valence-electron chi connectivity index (χ0n) is 16.4. The lowest BCUT2D eigenvalue weighted by Gasteiger charge is -2.13. The van der Waals surface area contributed by atoms with Crippen molar-refractivity contribution in [1.82, 2.24) is 5.32 Å². The second-order valence-corrected chi connectivity index (χ2v) is 7.77. The van der Waals surface area contributed by atoms with Gasteiger partial charge in [0.1, 0.15) is 12.4 Å². The maximum atomic E-state index is 12.5. The molecular weight excluding hydrogens is 436 g/mol. The van der Waals surface area contributed by atoms with Crippen LogP contribution in [0.15, 0.2) is 46.9 Å². The predicted octanol–water partition coefficient (Wildman–Crippen LogP) is 3.94. The molecule has 2 aromatic carbocycles. The smallest absolute Gasteiger partial charge is 0.255 e. The Morgan fingerprint density at radius 2 is 2.00 bits per heavy atom. The summed E-state index contributed by atoms with van der Waals surface area (Å²) >= 11 is 3.48. The Hall–Kier alpha value is -2.38. The van der Waals surface area contributed by atoms with Gasteiger partial charge in [-0.3, -0.25) is 9.59 Å². The van der Waals surface area contributed by atoms with Crippen molar-refractivity contribution in [3.05, 3.63) is 58.1 Å². The largest absolute Gasteiger partial charge is 0.490 e. The van der Waals surface area contributed by atoms with Crippen LogP contribution in [0.2, 0.25) is 0 Å². The van der Waals surface area contributed by atoms with E-state index in [9.17, 15) is 9.59 Å². The Balaban J connectivity index is 1.54.